The molecule has 8 heteroatoms. The van der Waals surface area contributed by atoms with Gasteiger partial charge >= 0.3 is 6.01 Å². The van der Waals surface area contributed by atoms with Crippen molar-refractivity contribution in [2.45, 2.75) is 6.92 Å². The number of carbonyl (C=O) groups is 1. The molecule has 0 atom stereocenters. The summed E-state index contributed by atoms with van der Waals surface area (Å²) in [4.78, 5) is 15.7. The number of carbonyl (C=O) groups excluding carboxylic acids is 1. The molecule has 2 N–H and O–H groups in total. The van der Waals surface area contributed by atoms with E-state index in [9.17, 15) is 9.18 Å². The minimum absolute atomic E-state index is 0.0906. The van der Waals surface area contributed by atoms with Crippen LogP contribution in [0.15, 0.2) is 22.7 Å². The van der Waals surface area contributed by atoms with Crippen molar-refractivity contribution in [3.05, 3.63) is 34.1 Å². The second-order valence-electron chi connectivity index (χ2n) is 3.48. The maximum Gasteiger partial charge on any atom is 0.337 e. The SMILES string of the molecule is CCOc1n[nH]c(NC(=O)c2cc(Br)ccc2F)n1. The number of aromatic amines is 1. The number of rotatable bonds is 4. The van der Waals surface area contributed by atoms with Gasteiger partial charge in [0.2, 0.25) is 5.95 Å². The number of aromatic nitrogens is 3. The molecular formula is C11H10BrFN4O2. The fourth-order valence-corrected chi connectivity index (χ4v) is 1.70. The van der Waals surface area contributed by atoms with Crippen LogP contribution in [0.25, 0.3) is 0 Å². The zero-order chi connectivity index (χ0) is 13.8. The van der Waals surface area contributed by atoms with Crippen LogP contribution in [0.4, 0.5) is 10.3 Å². The summed E-state index contributed by atoms with van der Waals surface area (Å²) in [7, 11) is 0. The van der Waals surface area contributed by atoms with Crippen molar-refractivity contribution >= 4 is 27.8 Å². The Hall–Kier alpha value is -1.96. The number of nitrogens with zero attached hydrogens (tertiary/aromatic N) is 2. The van der Waals surface area contributed by atoms with Crippen LogP contribution in [0, 0.1) is 5.82 Å². The molecule has 0 spiro atoms. The van der Waals surface area contributed by atoms with Gasteiger partial charge in [-0.1, -0.05) is 15.9 Å². The van der Waals surface area contributed by atoms with Gasteiger partial charge in [-0.3, -0.25) is 10.1 Å². The first-order chi connectivity index (χ1) is 9.10. The summed E-state index contributed by atoms with van der Waals surface area (Å²) >= 11 is 3.17. The number of H-pyrrole nitrogens is 1. The summed E-state index contributed by atoms with van der Waals surface area (Å²) in [6, 6.07) is 4.20. The summed E-state index contributed by atoms with van der Waals surface area (Å²) in [6.45, 7) is 2.19. The van der Waals surface area contributed by atoms with Gasteiger partial charge in [-0.05, 0) is 25.1 Å². The maximum atomic E-state index is 13.5. The Morgan fingerprint density at radius 2 is 2.37 bits per heavy atom. The van der Waals surface area contributed by atoms with Gasteiger partial charge in [0.05, 0.1) is 12.2 Å². The third-order valence-corrected chi connectivity index (χ3v) is 2.64. The average molecular weight is 329 g/mol. The number of hydrogen-bond donors (Lipinski definition) is 2. The van der Waals surface area contributed by atoms with Crippen molar-refractivity contribution in [1.29, 1.82) is 0 Å². The van der Waals surface area contributed by atoms with E-state index in [0.29, 0.717) is 11.1 Å². The van der Waals surface area contributed by atoms with Gasteiger partial charge in [-0.2, -0.15) is 4.98 Å². The lowest BCUT2D eigenvalue weighted by Gasteiger charge is -2.03. The molecule has 1 amide bonds. The predicted molar refractivity (Wildman–Crippen MR) is 69.6 cm³/mol. The van der Waals surface area contributed by atoms with Crippen LogP contribution in [0.3, 0.4) is 0 Å². The zero-order valence-electron chi connectivity index (χ0n) is 9.91. The van der Waals surface area contributed by atoms with Crippen LogP contribution < -0.4 is 10.1 Å². The zero-order valence-corrected chi connectivity index (χ0v) is 11.5. The molecule has 0 fully saturated rings. The van der Waals surface area contributed by atoms with Crippen LogP contribution in [0.2, 0.25) is 0 Å². The van der Waals surface area contributed by atoms with Crippen molar-refractivity contribution in [1.82, 2.24) is 15.2 Å². The number of anilines is 1. The Labute approximate surface area is 116 Å². The van der Waals surface area contributed by atoms with Crippen molar-refractivity contribution in [2.24, 2.45) is 0 Å². The lowest BCUT2D eigenvalue weighted by atomic mass is 10.2. The third kappa shape index (κ3) is 3.28. The topological polar surface area (TPSA) is 79.9 Å². The normalized spacial score (nSPS) is 10.3. The van der Waals surface area contributed by atoms with Crippen molar-refractivity contribution in [3.63, 3.8) is 0 Å². The molecule has 19 heavy (non-hydrogen) atoms. The molecule has 1 aromatic heterocycles. The van der Waals surface area contributed by atoms with Crippen LogP contribution in [0.1, 0.15) is 17.3 Å². The Morgan fingerprint density at radius 3 is 3.11 bits per heavy atom. The number of nitrogens with one attached hydrogen (secondary N) is 2. The van der Waals surface area contributed by atoms with Crippen LogP contribution in [-0.2, 0) is 0 Å². The van der Waals surface area contributed by atoms with Gasteiger partial charge in [-0.15, -0.1) is 5.10 Å². The van der Waals surface area contributed by atoms with Gasteiger partial charge < -0.3 is 4.74 Å². The summed E-state index contributed by atoms with van der Waals surface area (Å²) in [5.41, 5.74) is -0.0938. The maximum absolute atomic E-state index is 13.5. The van der Waals surface area contributed by atoms with E-state index in [4.69, 9.17) is 4.74 Å². The number of halogens is 2. The minimum Gasteiger partial charge on any atom is -0.463 e. The highest BCUT2D eigenvalue weighted by Crippen LogP contribution is 2.16. The quantitative estimate of drug-likeness (QED) is 0.902. The Balaban J connectivity index is 2.13. The molecule has 6 nitrogen and oxygen atoms in total. The van der Waals surface area contributed by atoms with E-state index in [2.05, 4.69) is 36.4 Å². The highest BCUT2D eigenvalue weighted by atomic mass is 79.9. The molecule has 1 aromatic carbocycles. The number of benzene rings is 1. The molecule has 0 saturated carbocycles. The summed E-state index contributed by atoms with van der Waals surface area (Å²) < 4.78 is 19.1. The second-order valence-corrected chi connectivity index (χ2v) is 4.39. The lowest BCUT2D eigenvalue weighted by molar-refractivity contribution is 0.102. The Bertz CT molecular complexity index is 602. The van der Waals surface area contributed by atoms with Gasteiger partial charge in [0, 0.05) is 4.47 Å². The lowest BCUT2D eigenvalue weighted by Crippen LogP contribution is -2.14. The van der Waals surface area contributed by atoms with Gasteiger partial charge in [0.15, 0.2) is 0 Å². The molecule has 2 aromatic rings. The molecule has 0 bridgehead atoms. The highest BCUT2D eigenvalue weighted by Gasteiger charge is 2.14. The molecule has 0 aliphatic carbocycles. The molecule has 0 unspecified atom stereocenters. The Morgan fingerprint density at radius 1 is 1.58 bits per heavy atom. The first-order valence-corrected chi connectivity index (χ1v) is 6.21. The molecule has 2 rings (SSSR count). The molecule has 1 heterocycles. The fraction of sp³-hybridized carbons (Fsp3) is 0.182. The number of ether oxygens (including phenoxy) is 1. The molecule has 0 saturated heterocycles. The molecular weight excluding hydrogens is 319 g/mol. The monoisotopic (exact) mass is 328 g/mol. The van der Waals surface area contributed by atoms with Crippen LogP contribution >= 0.6 is 15.9 Å². The van der Waals surface area contributed by atoms with E-state index in [1.165, 1.54) is 18.2 Å². The summed E-state index contributed by atoms with van der Waals surface area (Å²) in [5.74, 6) is -1.16. The fourth-order valence-electron chi connectivity index (χ4n) is 1.34. The first-order valence-electron chi connectivity index (χ1n) is 5.41. The van der Waals surface area contributed by atoms with Gasteiger partial charge in [0.25, 0.3) is 5.91 Å². The van der Waals surface area contributed by atoms with Crippen LogP contribution in [-0.4, -0.2) is 27.7 Å². The number of hydrogen-bond acceptors (Lipinski definition) is 4. The Kier molecular flexibility index (Phi) is 4.10. The van der Waals surface area contributed by atoms with Gasteiger partial charge in [0.1, 0.15) is 5.82 Å². The summed E-state index contributed by atoms with van der Waals surface area (Å²) in [6.07, 6.45) is 0. The van der Waals surface area contributed by atoms with E-state index in [1.54, 1.807) is 6.92 Å². The van der Waals surface area contributed by atoms with E-state index in [-0.39, 0.29) is 17.5 Å². The third-order valence-electron chi connectivity index (χ3n) is 2.14. The predicted octanol–water partition coefficient (Wildman–Crippen LogP) is 2.36. The smallest absolute Gasteiger partial charge is 0.337 e. The largest absolute Gasteiger partial charge is 0.463 e. The van der Waals surface area contributed by atoms with E-state index < -0.39 is 11.7 Å². The van der Waals surface area contributed by atoms with Crippen molar-refractivity contribution in [3.8, 4) is 6.01 Å². The van der Waals surface area contributed by atoms with E-state index >= 15 is 0 Å². The molecule has 0 aliphatic heterocycles. The molecule has 0 aliphatic rings. The van der Waals surface area contributed by atoms with Crippen molar-refractivity contribution < 1.29 is 13.9 Å². The number of amides is 1. The highest BCUT2D eigenvalue weighted by molar-refractivity contribution is 9.10. The molecule has 100 valence electrons. The van der Waals surface area contributed by atoms with Crippen molar-refractivity contribution in [2.75, 3.05) is 11.9 Å². The summed E-state index contributed by atoms with van der Waals surface area (Å²) in [5, 5.41) is 8.59. The van der Waals surface area contributed by atoms with Crippen LogP contribution in [0.5, 0.6) is 6.01 Å². The first kappa shape index (κ1) is 13.5. The minimum atomic E-state index is -0.627. The standard InChI is InChI=1S/C11H10BrFN4O2/c1-2-19-11-15-10(16-17-11)14-9(18)7-5-6(12)3-4-8(7)13/h3-5H,2H2,1H3,(H2,14,15,16,17,18). The van der Waals surface area contributed by atoms with E-state index in [1.807, 2.05) is 0 Å². The van der Waals surface area contributed by atoms with E-state index in [0.717, 1.165) is 0 Å². The second kappa shape index (κ2) is 5.79. The average Bonchev–Trinajstić information content (AvgIpc) is 2.80. The molecule has 0 radical (unpaired) electrons. The van der Waals surface area contributed by atoms with Gasteiger partial charge in [-0.25, -0.2) is 9.49 Å².